The van der Waals surface area contributed by atoms with Crippen molar-refractivity contribution in [1.29, 1.82) is 0 Å². The van der Waals surface area contributed by atoms with Crippen LogP contribution in [-0.4, -0.2) is 47.4 Å². The molecule has 0 spiro atoms. The van der Waals surface area contributed by atoms with Gasteiger partial charge in [-0.15, -0.1) is 0 Å². The summed E-state index contributed by atoms with van der Waals surface area (Å²) in [7, 11) is -3.81. The smallest absolute Gasteiger partial charge is 0.238 e. The van der Waals surface area contributed by atoms with Crippen molar-refractivity contribution in [3.8, 4) is 0 Å². The molecule has 2 aromatic heterocycles. The molecule has 1 unspecified atom stereocenters. The van der Waals surface area contributed by atoms with Gasteiger partial charge in [0.25, 0.3) is 0 Å². The van der Waals surface area contributed by atoms with E-state index < -0.39 is 10.0 Å². The Bertz CT molecular complexity index is 1210. The monoisotopic (exact) mass is 429 g/mol. The number of hydrogen-bond acceptors (Lipinski definition) is 8. The molecule has 1 aliphatic rings. The number of hydrogen-bond donors (Lipinski definition) is 4. The number of primary sulfonamides is 1. The molecule has 5 N–H and O–H groups in total. The minimum Gasteiger partial charge on any atom is -0.411 e. The van der Waals surface area contributed by atoms with Gasteiger partial charge in [0.05, 0.1) is 16.0 Å². The van der Waals surface area contributed by atoms with E-state index in [1.54, 1.807) is 18.3 Å². The van der Waals surface area contributed by atoms with Crippen molar-refractivity contribution >= 4 is 44.2 Å². The first kappa shape index (κ1) is 20.1. The summed E-state index contributed by atoms with van der Waals surface area (Å²) in [4.78, 5) is 14.5. The van der Waals surface area contributed by atoms with Crippen molar-refractivity contribution in [3.05, 3.63) is 36.5 Å². The minimum atomic E-state index is -3.81. The van der Waals surface area contributed by atoms with Gasteiger partial charge in [-0.3, -0.25) is 0 Å². The highest BCUT2D eigenvalue weighted by molar-refractivity contribution is 7.89. The minimum absolute atomic E-state index is 0.00585. The number of rotatable bonds is 5. The van der Waals surface area contributed by atoms with Crippen LogP contribution in [0.1, 0.15) is 19.8 Å². The van der Waals surface area contributed by atoms with E-state index >= 15 is 0 Å². The first-order valence-corrected chi connectivity index (χ1v) is 11.1. The van der Waals surface area contributed by atoms with Crippen LogP contribution >= 0.6 is 0 Å². The van der Waals surface area contributed by atoms with Gasteiger partial charge in [-0.05, 0) is 44.0 Å². The second-order valence-electron chi connectivity index (χ2n) is 7.34. The fourth-order valence-corrected chi connectivity index (χ4v) is 4.25. The van der Waals surface area contributed by atoms with Crippen LogP contribution in [0.3, 0.4) is 0 Å². The molecule has 3 aromatic rings. The molecule has 10 nitrogen and oxygen atoms in total. The summed E-state index contributed by atoms with van der Waals surface area (Å²) in [6.07, 6.45) is 3.71. The largest absolute Gasteiger partial charge is 0.411 e. The Hall–Kier alpha value is -3.18. The fourth-order valence-electron chi connectivity index (χ4n) is 3.69. The maximum Gasteiger partial charge on any atom is 0.238 e. The van der Waals surface area contributed by atoms with Crippen molar-refractivity contribution in [3.63, 3.8) is 0 Å². The Morgan fingerprint density at radius 2 is 2.20 bits per heavy atom. The highest BCUT2D eigenvalue weighted by Crippen LogP contribution is 2.30. The quantitative estimate of drug-likeness (QED) is 0.276. The second kappa shape index (κ2) is 7.92. The van der Waals surface area contributed by atoms with E-state index in [-0.39, 0.29) is 10.8 Å². The maximum atomic E-state index is 11.6. The number of nitrogens with one attached hydrogen (secondary N) is 2. The molecule has 3 heterocycles. The van der Waals surface area contributed by atoms with Crippen molar-refractivity contribution < 1.29 is 13.6 Å². The summed E-state index contributed by atoms with van der Waals surface area (Å²) in [5.41, 5.74) is 1.88. The standard InChI is InChI=1S/C19H23N7O3S/c1-12(25-27)13-4-3-9-26(11-13)18-16-7-8-21-17(16)23-19(24-18)22-14-5-2-6-15(10-14)30(20,28)29/h2,5-8,10,13,27H,3-4,9,11H2,1H3,(H2,20,28,29)(H2,21,22,23,24)/b25-12+. The average Bonchev–Trinajstić information content (AvgIpc) is 3.21. The van der Waals surface area contributed by atoms with Crippen LogP contribution in [-0.2, 0) is 10.0 Å². The molecule has 0 bridgehead atoms. The molecule has 0 amide bonds. The zero-order chi connectivity index (χ0) is 21.3. The van der Waals surface area contributed by atoms with Gasteiger partial charge < -0.3 is 20.4 Å². The lowest BCUT2D eigenvalue weighted by Crippen LogP contribution is -2.38. The number of piperidine rings is 1. The highest BCUT2D eigenvalue weighted by atomic mass is 32.2. The normalized spacial score (nSPS) is 18.0. The van der Waals surface area contributed by atoms with E-state index in [2.05, 4.69) is 25.3 Å². The summed E-state index contributed by atoms with van der Waals surface area (Å²) < 4.78 is 23.3. The number of fused-ring (bicyclic) bond motifs is 1. The Kier molecular flexibility index (Phi) is 5.31. The molecule has 1 fully saturated rings. The number of nitrogens with zero attached hydrogens (tertiary/aromatic N) is 4. The van der Waals surface area contributed by atoms with Gasteiger partial charge in [0.1, 0.15) is 11.5 Å². The molecular weight excluding hydrogens is 406 g/mol. The number of aromatic amines is 1. The van der Waals surface area contributed by atoms with E-state index in [1.807, 2.05) is 13.0 Å². The van der Waals surface area contributed by atoms with Crippen LogP contribution < -0.4 is 15.4 Å². The molecule has 1 aromatic carbocycles. The number of sulfonamides is 1. The van der Waals surface area contributed by atoms with Gasteiger partial charge in [-0.25, -0.2) is 13.6 Å². The zero-order valence-corrected chi connectivity index (χ0v) is 17.2. The molecular formula is C19H23N7O3S. The maximum absolute atomic E-state index is 11.6. The van der Waals surface area contributed by atoms with Gasteiger partial charge in [0, 0.05) is 30.9 Å². The van der Waals surface area contributed by atoms with E-state index in [9.17, 15) is 8.42 Å². The molecule has 1 saturated heterocycles. The number of H-pyrrole nitrogens is 1. The van der Waals surface area contributed by atoms with Gasteiger partial charge in [0.15, 0.2) is 0 Å². The van der Waals surface area contributed by atoms with Crippen LogP contribution in [0.2, 0.25) is 0 Å². The number of anilines is 3. The predicted molar refractivity (Wildman–Crippen MR) is 115 cm³/mol. The molecule has 30 heavy (non-hydrogen) atoms. The van der Waals surface area contributed by atoms with E-state index in [1.165, 1.54) is 12.1 Å². The van der Waals surface area contributed by atoms with Crippen molar-refractivity contribution in [2.24, 2.45) is 16.2 Å². The van der Waals surface area contributed by atoms with Gasteiger partial charge in [-0.1, -0.05) is 11.2 Å². The summed E-state index contributed by atoms with van der Waals surface area (Å²) in [5.74, 6) is 1.25. The molecule has 11 heteroatoms. The van der Waals surface area contributed by atoms with E-state index in [4.69, 9.17) is 15.3 Å². The summed E-state index contributed by atoms with van der Waals surface area (Å²) in [6, 6.07) is 8.11. The van der Waals surface area contributed by atoms with Crippen molar-refractivity contribution in [2.75, 3.05) is 23.3 Å². The number of nitrogens with two attached hydrogens (primary N) is 1. The SMILES string of the molecule is C/C(=N\O)C1CCCN(c2nc(Nc3cccc(S(N)(=O)=O)c3)nc3[nH]ccc23)C1. The summed E-state index contributed by atoms with van der Waals surface area (Å²) in [6.45, 7) is 3.34. The molecule has 1 aliphatic heterocycles. The highest BCUT2D eigenvalue weighted by Gasteiger charge is 2.25. The zero-order valence-electron chi connectivity index (χ0n) is 16.4. The Labute approximate surface area is 173 Å². The Morgan fingerprint density at radius 3 is 2.97 bits per heavy atom. The van der Waals surface area contributed by atoms with Crippen molar-refractivity contribution in [2.45, 2.75) is 24.7 Å². The van der Waals surface area contributed by atoms with Crippen LogP contribution in [0.15, 0.2) is 46.6 Å². The summed E-state index contributed by atoms with van der Waals surface area (Å²) in [5, 5.41) is 21.7. The van der Waals surface area contributed by atoms with Gasteiger partial charge >= 0.3 is 0 Å². The Balaban J connectivity index is 1.68. The molecule has 1 atom stereocenters. The first-order valence-electron chi connectivity index (χ1n) is 9.53. The molecule has 4 rings (SSSR count). The fraction of sp³-hybridized carbons (Fsp3) is 0.316. The third-order valence-corrected chi connectivity index (χ3v) is 6.19. The van der Waals surface area contributed by atoms with Gasteiger partial charge in [-0.2, -0.15) is 9.97 Å². The van der Waals surface area contributed by atoms with E-state index in [0.29, 0.717) is 29.5 Å². The number of oxime groups is 1. The average molecular weight is 430 g/mol. The van der Waals surface area contributed by atoms with E-state index in [0.717, 1.165) is 30.6 Å². The lowest BCUT2D eigenvalue weighted by atomic mass is 9.94. The van der Waals surface area contributed by atoms with Crippen LogP contribution in [0.25, 0.3) is 11.0 Å². The van der Waals surface area contributed by atoms with Crippen LogP contribution in [0, 0.1) is 5.92 Å². The molecule has 0 saturated carbocycles. The third kappa shape index (κ3) is 4.07. The Morgan fingerprint density at radius 1 is 1.37 bits per heavy atom. The lowest BCUT2D eigenvalue weighted by molar-refractivity contribution is 0.312. The molecule has 0 aliphatic carbocycles. The molecule has 0 radical (unpaired) electrons. The van der Waals surface area contributed by atoms with Crippen molar-refractivity contribution in [1.82, 2.24) is 15.0 Å². The number of benzene rings is 1. The molecule has 158 valence electrons. The van der Waals surface area contributed by atoms with Crippen LogP contribution in [0.5, 0.6) is 0 Å². The van der Waals surface area contributed by atoms with Crippen LogP contribution in [0.4, 0.5) is 17.5 Å². The second-order valence-corrected chi connectivity index (χ2v) is 8.90. The lowest BCUT2D eigenvalue weighted by Gasteiger charge is -2.33. The van der Waals surface area contributed by atoms with Gasteiger partial charge in [0.2, 0.25) is 16.0 Å². The summed E-state index contributed by atoms with van der Waals surface area (Å²) >= 11 is 0. The predicted octanol–water partition coefficient (Wildman–Crippen LogP) is 2.42. The third-order valence-electron chi connectivity index (χ3n) is 5.28. The topological polar surface area (TPSA) is 150 Å². The first-order chi connectivity index (χ1) is 14.3. The number of aromatic nitrogens is 3.